The van der Waals surface area contributed by atoms with Crippen LogP contribution in [0.3, 0.4) is 0 Å². The van der Waals surface area contributed by atoms with Gasteiger partial charge in [-0.05, 0) is 49.4 Å². The normalized spacial score (nSPS) is 39.0. The molecule has 2 aliphatic carbocycles. The molecule has 4 N–H and O–H groups in total. The van der Waals surface area contributed by atoms with Crippen LogP contribution in [0.5, 0.6) is 11.5 Å². The minimum absolute atomic E-state index is 0.0134. The topological polar surface area (TPSA) is 72.7 Å². The van der Waals surface area contributed by atoms with Crippen LogP contribution in [0.15, 0.2) is 12.1 Å². The Labute approximate surface area is 118 Å². The molecule has 1 saturated carbocycles. The summed E-state index contributed by atoms with van der Waals surface area (Å²) in [4.78, 5) is 0. The van der Waals surface area contributed by atoms with Crippen molar-refractivity contribution in [3.05, 3.63) is 23.3 Å². The van der Waals surface area contributed by atoms with Crippen LogP contribution in [-0.4, -0.2) is 33.5 Å². The molecule has 3 aliphatic rings. The molecule has 1 unspecified atom stereocenters. The fourth-order valence-corrected chi connectivity index (χ4v) is 4.99. The lowest BCUT2D eigenvalue weighted by Crippen LogP contribution is -2.71. The van der Waals surface area contributed by atoms with Gasteiger partial charge in [0.1, 0.15) is 11.5 Å². The highest BCUT2D eigenvalue weighted by atomic mass is 16.3. The van der Waals surface area contributed by atoms with Crippen LogP contribution in [0.25, 0.3) is 0 Å². The molecule has 108 valence electrons. The average molecular weight is 275 g/mol. The Morgan fingerprint density at radius 1 is 1.10 bits per heavy atom. The van der Waals surface area contributed by atoms with Gasteiger partial charge in [-0.3, -0.25) is 0 Å². The third-order valence-corrected chi connectivity index (χ3v) is 5.89. The molecule has 0 amide bonds. The summed E-state index contributed by atoms with van der Waals surface area (Å²) < 4.78 is 0. The van der Waals surface area contributed by atoms with E-state index >= 15 is 0 Å². The summed E-state index contributed by atoms with van der Waals surface area (Å²) in [5.41, 5.74) is 0.850. The first kappa shape index (κ1) is 12.5. The number of benzene rings is 1. The summed E-state index contributed by atoms with van der Waals surface area (Å²) in [6.45, 7) is 0.892. The van der Waals surface area contributed by atoms with Crippen LogP contribution in [-0.2, 0) is 11.8 Å². The Morgan fingerprint density at radius 3 is 2.75 bits per heavy atom. The second-order valence-electron chi connectivity index (χ2n) is 6.67. The van der Waals surface area contributed by atoms with Crippen molar-refractivity contribution in [2.24, 2.45) is 0 Å². The Kier molecular flexibility index (Phi) is 2.43. The van der Waals surface area contributed by atoms with Crippen LogP contribution >= 0.6 is 0 Å². The zero-order valence-electron chi connectivity index (χ0n) is 11.5. The maximum atomic E-state index is 11.4. The summed E-state index contributed by atoms with van der Waals surface area (Å²) in [5, 5.41) is 34.9. The quantitative estimate of drug-likeness (QED) is 0.580. The van der Waals surface area contributed by atoms with E-state index in [2.05, 4.69) is 5.32 Å². The molecule has 2 fully saturated rings. The summed E-state index contributed by atoms with van der Waals surface area (Å²) in [5.74, 6) is 0.265. The van der Waals surface area contributed by atoms with E-state index < -0.39 is 5.60 Å². The van der Waals surface area contributed by atoms with Gasteiger partial charge >= 0.3 is 0 Å². The first-order valence-electron chi connectivity index (χ1n) is 7.58. The predicted molar refractivity (Wildman–Crippen MR) is 75.0 cm³/mol. The summed E-state index contributed by atoms with van der Waals surface area (Å²) in [7, 11) is 0. The van der Waals surface area contributed by atoms with E-state index in [1.807, 2.05) is 0 Å². The lowest BCUT2D eigenvalue weighted by molar-refractivity contribution is -0.124. The van der Waals surface area contributed by atoms with Crippen molar-refractivity contribution in [3.8, 4) is 11.5 Å². The van der Waals surface area contributed by atoms with Gasteiger partial charge in [0.2, 0.25) is 0 Å². The molecule has 20 heavy (non-hydrogen) atoms. The third-order valence-electron chi connectivity index (χ3n) is 5.89. The van der Waals surface area contributed by atoms with Crippen molar-refractivity contribution in [1.82, 2.24) is 5.32 Å². The van der Waals surface area contributed by atoms with E-state index in [1.165, 1.54) is 6.07 Å². The lowest BCUT2D eigenvalue weighted by atomic mass is 9.50. The molecular formula is C16H21NO3. The number of phenolic OH excluding ortho intramolecular Hbond substituents is 2. The molecular weight excluding hydrogens is 254 g/mol. The van der Waals surface area contributed by atoms with Gasteiger partial charge in [-0.1, -0.05) is 12.8 Å². The van der Waals surface area contributed by atoms with E-state index in [1.54, 1.807) is 6.07 Å². The van der Waals surface area contributed by atoms with Crippen LogP contribution in [0.2, 0.25) is 0 Å². The molecule has 0 spiro atoms. The monoisotopic (exact) mass is 275 g/mol. The van der Waals surface area contributed by atoms with Gasteiger partial charge in [-0.15, -0.1) is 0 Å². The van der Waals surface area contributed by atoms with Gasteiger partial charge in [0.15, 0.2) is 0 Å². The maximum Gasteiger partial charge on any atom is 0.122 e. The predicted octanol–water partition coefficient (Wildman–Crippen LogP) is 1.56. The Morgan fingerprint density at radius 2 is 1.90 bits per heavy atom. The van der Waals surface area contributed by atoms with E-state index in [-0.39, 0.29) is 23.0 Å². The lowest BCUT2D eigenvalue weighted by Gasteiger charge is -2.61. The molecule has 0 radical (unpaired) electrons. The Balaban J connectivity index is 2.00. The molecule has 1 saturated heterocycles. The van der Waals surface area contributed by atoms with Crippen LogP contribution in [0.4, 0.5) is 0 Å². The fourth-order valence-electron chi connectivity index (χ4n) is 4.99. The molecule has 4 heteroatoms. The highest BCUT2D eigenvalue weighted by molar-refractivity contribution is 5.54. The fraction of sp³-hybridized carbons (Fsp3) is 0.625. The smallest absolute Gasteiger partial charge is 0.122 e. The summed E-state index contributed by atoms with van der Waals surface area (Å²) in [6, 6.07) is 3.20. The third kappa shape index (κ3) is 1.33. The minimum atomic E-state index is -0.739. The number of rotatable bonds is 0. The van der Waals surface area contributed by atoms with E-state index in [4.69, 9.17) is 0 Å². The van der Waals surface area contributed by atoms with Gasteiger partial charge in [-0.25, -0.2) is 0 Å². The maximum absolute atomic E-state index is 11.4. The Hall–Kier alpha value is -1.26. The van der Waals surface area contributed by atoms with Gasteiger partial charge < -0.3 is 20.6 Å². The molecule has 4 nitrogen and oxygen atoms in total. The number of nitrogens with one attached hydrogen (secondary N) is 1. The summed E-state index contributed by atoms with van der Waals surface area (Å²) >= 11 is 0. The molecule has 1 aliphatic heterocycles. The van der Waals surface area contributed by atoms with Crippen molar-refractivity contribution >= 4 is 0 Å². The zero-order valence-corrected chi connectivity index (χ0v) is 11.5. The molecule has 0 aromatic heterocycles. The summed E-state index contributed by atoms with van der Waals surface area (Å²) in [6.07, 6.45) is 5.41. The Bertz CT molecular complexity index is 569. The van der Waals surface area contributed by atoms with E-state index in [0.29, 0.717) is 6.42 Å². The van der Waals surface area contributed by atoms with Crippen LogP contribution in [0.1, 0.15) is 43.2 Å². The number of hydrogen-bond acceptors (Lipinski definition) is 4. The molecule has 1 heterocycles. The molecule has 2 bridgehead atoms. The minimum Gasteiger partial charge on any atom is -0.508 e. The van der Waals surface area contributed by atoms with Crippen molar-refractivity contribution in [1.29, 1.82) is 0 Å². The zero-order chi connectivity index (χ0) is 14.0. The standard InChI is InChI=1S/C16H21NO3/c18-10-7-12-11(13(19)8-10)9-14-16(20)4-2-1-3-15(12,16)5-6-17-14/h7-8,14,17-20H,1-6,9H2/t14-,15+,16?/m1/s1. The second-order valence-corrected chi connectivity index (χ2v) is 6.67. The molecule has 3 atom stereocenters. The number of hydrogen-bond donors (Lipinski definition) is 4. The van der Waals surface area contributed by atoms with Crippen LogP contribution < -0.4 is 5.32 Å². The highest BCUT2D eigenvalue weighted by Crippen LogP contribution is 2.57. The highest BCUT2D eigenvalue weighted by Gasteiger charge is 2.61. The molecule has 4 rings (SSSR count). The van der Waals surface area contributed by atoms with Gasteiger partial charge in [0, 0.05) is 17.5 Å². The van der Waals surface area contributed by atoms with E-state index in [9.17, 15) is 15.3 Å². The van der Waals surface area contributed by atoms with E-state index in [0.717, 1.165) is 49.8 Å². The van der Waals surface area contributed by atoms with Crippen molar-refractivity contribution in [3.63, 3.8) is 0 Å². The van der Waals surface area contributed by atoms with Crippen molar-refractivity contribution in [2.75, 3.05) is 6.54 Å². The van der Waals surface area contributed by atoms with Gasteiger partial charge in [-0.2, -0.15) is 0 Å². The molecule has 1 aromatic rings. The van der Waals surface area contributed by atoms with Crippen molar-refractivity contribution in [2.45, 2.75) is 55.6 Å². The number of aromatic hydroxyl groups is 2. The number of aliphatic hydroxyl groups is 1. The SMILES string of the molecule is Oc1cc(O)c2c(c1)[C@@]13CCCCC1(O)[C@@H](C2)NCC3. The second kappa shape index (κ2) is 3.89. The number of piperidine rings is 1. The van der Waals surface area contributed by atoms with Gasteiger partial charge in [0.25, 0.3) is 0 Å². The number of fused-ring (bicyclic) bond motifs is 1. The molecule has 1 aromatic carbocycles. The first-order chi connectivity index (χ1) is 9.57. The van der Waals surface area contributed by atoms with Crippen molar-refractivity contribution < 1.29 is 15.3 Å². The first-order valence-corrected chi connectivity index (χ1v) is 7.58. The van der Waals surface area contributed by atoms with Crippen LogP contribution in [0, 0.1) is 0 Å². The average Bonchev–Trinajstić information content (AvgIpc) is 2.39. The van der Waals surface area contributed by atoms with Gasteiger partial charge in [0.05, 0.1) is 5.60 Å². The largest absolute Gasteiger partial charge is 0.508 e. The number of phenols is 2.